The van der Waals surface area contributed by atoms with Crippen molar-refractivity contribution in [2.75, 3.05) is 6.54 Å². The highest BCUT2D eigenvalue weighted by Gasteiger charge is 2.17. The summed E-state index contributed by atoms with van der Waals surface area (Å²) in [6.45, 7) is 6.88. The molecule has 2 rings (SSSR count). The number of para-hydroxylation sites is 1. The average molecular weight is 282 g/mol. The van der Waals surface area contributed by atoms with Gasteiger partial charge in [-0.3, -0.25) is 0 Å². The Morgan fingerprint density at radius 3 is 2.84 bits per heavy atom. The van der Waals surface area contributed by atoms with E-state index in [1.54, 1.807) is 23.0 Å². The highest BCUT2D eigenvalue weighted by molar-refractivity contribution is 6.32. The molecule has 0 saturated heterocycles. The second-order valence-corrected chi connectivity index (χ2v) is 4.85. The zero-order chi connectivity index (χ0) is 14.0. The summed E-state index contributed by atoms with van der Waals surface area (Å²) in [7, 11) is 0. The quantitative estimate of drug-likeness (QED) is 0.927. The summed E-state index contributed by atoms with van der Waals surface area (Å²) in [5.41, 5.74) is 2.23. The molecule has 0 aliphatic heterocycles. The molecular weight excluding hydrogens is 265 g/mol. The van der Waals surface area contributed by atoms with Crippen molar-refractivity contribution >= 4 is 11.6 Å². The Hall–Kier alpha value is -1.39. The molecule has 0 fully saturated rings. The molecule has 1 aromatic heterocycles. The number of nitrogens with one attached hydrogen (secondary N) is 1. The van der Waals surface area contributed by atoms with Gasteiger partial charge in [-0.2, -0.15) is 5.10 Å². The molecule has 3 nitrogen and oxygen atoms in total. The number of benzene rings is 1. The molecule has 0 aliphatic carbocycles. The van der Waals surface area contributed by atoms with Crippen molar-refractivity contribution in [3.05, 3.63) is 46.5 Å². The van der Waals surface area contributed by atoms with Crippen molar-refractivity contribution in [2.45, 2.75) is 26.8 Å². The van der Waals surface area contributed by atoms with E-state index in [0.717, 1.165) is 17.8 Å². The normalized spacial score (nSPS) is 12.7. The van der Waals surface area contributed by atoms with Crippen LogP contribution in [0.5, 0.6) is 0 Å². The van der Waals surface area contributed by atoms with Gasteiger partial charge in [-0.1, -0.05) is 24.6 Å². The number of hydrogen-bond donors (Lipinski definition) is 1. The molecule has 0 amide bonds. The van der Waals surface area contributed by atoms with Gasteiger partial charge >= 0.3 is 0 Å². The summed E-state index contributed by atoms with van der Waals surface area (Å²) < 4.78 is 15.5. The van der Waals surface area contributed by atoms with Gasteiger partial charge in [0.25, 0.3) is 0 Å². The second kappa shape index (κ2) is 5.72. The molecule has 1 unspecified atom stereocenters. The fourth-order valence-electron chi connectivity index (χ4n) is 2.18. The molecular formula is C14H17ClFN3. The molecule has 102 valence electrons. The molecule has 5 heteroatoms. The minimum atomic E-state index is -0.374. The fraction of sp³-hybridized carbons (Fsp3) is 0.357. The molecule has 1 aromatic carbocycles. The monoisotopic (exact) mass is 281 g/mol. The minimum absolute atomic E-state index is 0.171. The first-order valence-electron chi connectivity index (χ1n) is 6.28. The predicted octanol–water partition coefficient (Wildman–Crippen LogP) is 3.64. The van der Waals surface area contributed by atoms with Crippen LogP contribution >= 0.6 is 11.6 Å². The number of hydrogen-bond acceptors (Lipinski definition) is 2. The van der Waals surface area contributed by atoms with E-state index in [4.69, 9.17) is 11.6 Å². The molecule has 1 atom stereocenters. The van der Waals surface area contributed by atoms with Gasteiger partial charge in [0.05, 0.1) is 11.2 Å². The number of aromatic nitrogens is 2. The maximum atomic E-state index is 13.9. The maximum Gasteiger partial charge on any atom is 0.150 e. The van der Waals surface area contributed by atoms with Gasteiger partial charge in [-0.15, -0.1) is 0 Å². The van der Waals surface area contributed by atoms with E-state index in [-0.39, 0.29) is 11.9 Å². The second-order valence-electron chi connectivity index (χ2n) is 4.45. The Kier molecular flexibility index (Phi) is 4.22. The molecule has 0 bridgehead atoms. The lowest BCUT2D eigenvalue weighted by molar-refractivity contribution is 0.591. The molecule has 0 saturated carbocycles. The minimum Gasteiger partial charge on any atom is -0.310 e. The van der Waals surface area contributed by atoms with E-state index < -0.39 is 0 Å². The van der Waals surface area contributed by atoms with Crippen LogP contribution in [0.15, 0.2) is 24.4 Å². The summed E-state index contributed by atoms with van der Waals surface area (Å²) in [5.74, 6) is -0.374. The van der Waals surface area contributed by atoms with Gasteiger partial charge in [0, 0.05) is 17.3 Å². The zero-order valence-electron chi connectivity index (χ0n) is 11.2. The van der Waals surface area contributed by atoms with Crippen molar-refractivity contribution in [1.29, 1.82) is 0 Å². The van der Waals surface area contributed by atoms with Crippen LogP contribution in [-0.2, 0) is 0 Å². The number of halogens is 2. The summed E-state index contributed by atoms with van der Waals surface area (Å²) in [4.78, 5) is 0. The molecule has 0 aliphatic rings. The number of nitrogens with zero attached hydrogens (tertiary/aromatic N) is 2. The summed E-state index contributed by atoms with van der Waals surface area (Å²) in [6.07, 6.45) is 1.76. The molecule has 2 aromatic rings. The smallest absolute Gasteiger partial charge is 0.150 e. The SMILES string of the molecule is CCNC(C)c1cnn(-c2c(F)cccc2Cl)c1C. The summed E-state index contributed by atoms with van der Waals surface area (Å²) in [5, 5.41) is 7.94. The standard InChI is InChI=1S/C14H17ClFN3/c1-4-17-9(2)11-8-18-19(10(11)3)14-12(15)6-5-7-13(14)16/h5-9,17H,4H2,1-3H3. The van der Waals surface area contributed by atoms with Crippen molar-refractivity contribution in [3.8, 4) is 5.69 Å². The molecule has 0 spiro atoms. The van der Waals surface area contributed by atoms with Crippen LogP contribution < -0.4 is 5.32 Å². The Morgan fingerprint density at radius 1 is 1.47 bits per heavy atom. The first-order valence-corrected chi connectivity index (χ1v) is 6.66. The Bertz CT molecular complexity index is 560. The van der Waals surface area contributed by atoms with Crippen LogP contribution in [0.4, 0.5) is 4.39 Å². The third kappa shape index (κ3) is 2.65. The van der Waals surface area contributed by atoms with Crippen LogP contribution in [0.2, 0.25) is 5.02 Å². The van der Waals surface area contributed by atoms with E-state index in [1.165, 1.54) is 6.07 Å². The van der Waals surface area contributed by atoms with Gasteiger partial charge < -0.3 is 5.32 Å². The maximum absolute atomic E-state index is 13.9. The van der Waals surface area contributed by atoms with E-state index in [1.807, 2.05) is 13.8 Å². The lowest BCUT2D eigenvalue weighted by atomic mass is 10.1. The van der Waals surface area contributed by atoms with E-state index >= 15 is 0 Å². The Morgan fingerprint density at radius 2 is 2.21 bits per heavy atom. The fourth-order valence-corrected chi connectivity index (χ4v) is 2.42. The van der Waals surface area contributed by atoms with Gasteiger partial charge in [-0.25, -0.2) is 9.07 Å². The first kappa shape index (κ1) is 14.0. The molecule has 0 radical (unpaired) electrons. The van der Waals surface area contributed by atoms with E-state index in [0.29, 0.717) is 10.7 Å². The van der Waals surface area contributed by atoms with Crippen LogP contribution in [-0.4, -0.2) is 16.3 Å². The average Bonchev–Trinajstić information content (AvgIpc) is 2.72. The van der Waals surface area contributed by atoms with Crippen LogP contribution in [0.3, 0.4) is 0 Å². The van der Waals surface area contributed by atoms with Crippen molar-refractivity contribution in [1.82, 2.24) is 15.1 Å². The van der Waals surface area contributed by atoms with Crippen molar-refractivity contribution in [2.24, 2.45) is 0 Å². The lowest BCUT2D eigenvalue weighted by Gasteiger charge is -2.13. The van der Waals surface area contributed by atoms with E-state index in [9.17, 15) is 4.39 Å². The predicted molar refractivity (Wildman–Crippen MR) is 75.4 cm³/mol. The lowest BCUT2D eigenvalue weighted by Crippen LogP contribution is -2.18. The third-order valence-corrected chi connectivity index (χ3v) is 3.48. The summed E-state index contributed by atoms with van der Waals surface area (Å²) in [6, 6.07) is 4.80. The number of rotatable bonds is 4. The van der Waals surface area contributed by atoms with Gasteiger partial charge in [0.1, 0.15) is 11.5 Å². The van der Waals surface area contributed by atoms with Gasteiger partial charge in [0.2, 0.25) is 0 Å². The van der Waals surface area contributed by atoms with Crippen molar-refractivity contribution < 1.29 is 4.39 Å². The Balaban J connectivity index is 2.48. The third-order valence-electron chi connectivity index (χ3n) is 3.17. The van der Waals surface area contributed by atoms with Crippen molar-refractivity contribution in [3.63, 3.8) is 0 Å². The van der Waals surface area contributed by atoms with E-state index in [2.05, 4.69) is 17.3 Å². The highest BCUT2D eigenvalue weighted by Crippen LogP contribution is 2.26. The van der Waals surface area contributed by atoms with Crippen LogP contribution in [0.1, 0.15) is 31.1 Å². The van der Waals surface area contributed by atoms with Crippen LogP contribution in [0.25, 0.3) is 5.69 Å². The molecule has 1 heterocycles. The summed E-state index contributed by atoms with van der Waals surface area (Å²) >= 11 is 6.07. The first-order chi connectivity index (χ1) is 9.06. The molecule has 1 N–H and O–H groups in total. The topological polar surface area (TPSA) is 29.9 Å². The van der Waals surface area contributed by atoms with Gasteiger partial charge in [0.15, 0.2) is 0 Å². The van der Waals surface area contributed by atoms with Gasteiger partial charge in [-0.05, 0) is 32.5 Å². The molecule has 19 heavy (non-hydrogen) atoms. The Labute approximate surface area is 117 Å². The van der Waals surface area contributed by atoms with Crippen LogP contribution in [0, 0.1) is 12.7 Å². The largest absolute Gasteiger partial charge is 0.310 e. The highest BCUT2D eigenvalue weighted by atomic mass is 35.5. The zero-order valence-corrected chi connectivity index (χ0v) is 12.0.